The standard InChI is InChI=1S/C15H23BrN2O/c1-4-17(9-12-6-5-7-12)15(19)14-8-13(16)10-18(14)11(2)3/h8,10-12H,4-7,9H2,1-3H3. The Kier molecular flexibility index (Phi) is 4.71. The molecule has 0 bridgehead atoms. The van der Waals surface area contributed by atoms with Crippen LogP contribution in [-0.2, 0) is 0 Å². The molecule has 0 aliphatic heterocycles. The van der Waals surface area contributed by atoms with Gasteiger partial charge in [-0.2, -0.15) is 0 Å². The van der Waals surface area contributed by atoms with Gasteiger partial charge in [0, 0.05) is 29.8 Å². The van der Waals surface area contributed by atoms with Crippen LogP contribution in [0.15, 0.2) is 16.7 Å². The van der Waals surface area contributed by atoms with E-state index in [4.69, 9.17) is 0 Å². The second-order valence-electron chi connectivity index (χ2n) is 5.69. The summed E-state index contributed by atoms with van der Waals surface area (Å²) in [5.41, 5.74) is 0.794. The van der Waals surface area contributed by atoms with Crippen LogP contribution in [0.25, 0.3) is 0 Å². The molecule has 1 aromatic heterocycles. The maximum absolute atomic E-state index is 12.7. The number of rotatable bonds is 5. The molecule has 0 saturated heterocycles. The summed E-state index contributed by atoms with van der Waals surface area (Å²) in [7, 11) is 0. The molecule has 0 spiro atoms. The molecular formula is C15H23BrN2O. The smallest absolute Gasteiger partial charge is 0.270 e. The Hall–Kier alpha value is -0.770. The third-order valence-corrected chi connectivity index (χ3v) is 4.40. The first-order valence-corrected chi connectivity index (χ1v) is 7.98. The van der Waals surface area contributed by atoms with Crippen molar-refractivity contribution in [1.29, 1.82) is 0 Å². The van der Waals surface area contributed by atoms with Crippen LogP contribution < -0.4 is 0 Å². The van der Waals surface area contributed by atoms with E-state index in [0.717, 1.165) is 29.2 Å². The van der Waals surface area contributed by atoms with E-state index in [0.29, 0.717) is 6.04 Å². The van der Waals surface area contributed by atoms with E-state index in [-0.39, 0.29) is 5.91 Å². The van der Waals surface area contributed by atoms with Crippen molar-refractivity contribution >= 4 is 21.8 Å². The highest BCUT2D eigenvalue weighted by Gasteiger charge is 2.25. The van der Waals surface area contributed by atoms with E-state index in [1.165, 1.54) is 19.3 Å². The van der Waals surface area contributed by atoms with Crippen molar-refractivity contribution in [2.45, 2.75) is 46.1 Å². The zero-order valence-electron chi connectivity index (χ0n) is 12.0. The van der Waals surface area contributed by atoms with Gasteiger partial charge in [0.2, 0.25) is 0 Å². The molecule has 1 amide bonds. The van der Waals surface area contributed by atoms with Crippen LogP contribution in [0.3, 0.4) is 0 Å². The summed E-state index contributed by atoms with van der Waals surface area (Å²) in [5, 5.41) is 0. The van der Waals surface area contributed by atoms with Gasteiger partial charge >= 0.3 is 0 Å². The second kappa shape index (κ2) is 6.12. The molecule has 1 aliphatic rings. The SMILES string of the molecule is CCN(CC1CCC1)C(=O)c1cc(Br)cn1C(C)C. The average molecular weight is 327 g/mol. The number of hydrogen-bond donors (Lipinski definition) is 0. The Morgan fingerprint density at radius 3 is 2.68 bits per heavy atom. The molecule has 2 rings (SSSR count). The van der Waals surface area contributed by atoms with Crippen molar-refractivity contribution < 1.29 is 4.79 Å². The van der Waals surface area contributed by atoms with Crippen LogP contribution in [0.1, 0.15) is 56.6 Å². The Morgan fingerprint density at radius 1 is 1.53 bits per heavy atom. The monoisotopic (exact) mass is 326 g/mol. The molecule has 106 valence electrons. The van der Waals surface area contributed by atoms with Crippen LogP contribution in [-0.4, -0.2) is 28.5 Å². The second-order valence-corrected chi connectivity index (χ2v) is 6.60. The van der Waals surface area contributed by atoms with E-state index in [1.54, 1.807) is 0 Å². The van der Waals surface area contributed by atoms with Gasteiger partial charge in [-0.3, -0.25) is 4.79 Å². The molecule has 1 fully saturated rings. The molecule has 1 heterocycles. The van der Waals surface area contributed by atoms with Crippen LogP contribution in [0.4, 0.5) is 0 Å². The van der Waals surface area contributed by atoms with Crippen LogP contribution in [0.2, 0.25) is 0 Å². The first-order valence-electron chi connectivity index (χ1n) is 7.19. The largest absolute Gasteiger partial charge is 0.340 e. The highest BCUT2D eigenvalue weighted by atomic mass is 79.9. The fraction of sp³-hybridized carbons (Fsp3) is 0.667. The maximum Gasteiger partial charge on any atom is 0.270 e. The average Bonchev–Trinajstić information content (AvgIpc) is 2.69. The van der Waals surface area contributed by atoms with Gasteiger partial charge < -0.3 is 9.47 Å². The third-order valence-electron chi connectivity index (χ3n) is 3.96. The number of carbonyl (C=O) groups is 1. The fourth-order valence-electron chi connectivity index (χ4n) is 2.55. The first-order chi connectivity index (χ1) is 9.02. The van der Waals surface area contributed by atoms with Crippen LogP contribution in [0.5, 0.6) is 0 Å². The quantitative estimate of drug-likeness (QED) is 0.799. The van der Waals surface area contributed by atoms with Gasteiger partial charge in [-0.25, -0.2) is 0 Å². The molecule has 3 nitrogen and oxygen atoms in total. The Morgan fingerprint density at radius 2 is 2.21 bits per heavy atom. The van der Waals surface area contributed by atoms with Gasteiger partial charge in [0.05, 0.1) is 0 Å². The normalized spacial score (nSPS) is 15.6. The van der Waals surface area contributed by atoms with Crippen molar-refractivity contribution in [2.24, 2.45) is 5.92 Å². The van der Waals surface area contributed by atoms with E-state index in [1.807, 2.05) is 17.2 Å². The highest BCUT2D eigenvalue weighted by molar-refractivity contribution is 9.10. The maximum atomic E-state index is 12.7. The van der Waals surface area contributed by atoms with Crippen LogP contribution in [0, 0.1) is 5.92 Å². The van der Waals surface area contributed by atoms with Gasteiger partial charge in [-0.05, 0) is 61.5 Å². The Balaban J connectivity index is 2.16. The third kappa shape index (κ3) is 3.22. The Bertz CT molecular complexity index is 449. The minimum Gasteiger partial charge on any atom is -0.340 e. The van der Waals surface area contributed by atoms with Crippen molar-refractivity contribution in [3.63, 3.8) is 0 Å². The molecule has 0 aromatic carbocycles. The number of nitrogens with zero attached hydrogens (tertiary/aromatic N) is 2. The van der Waals surface area contributed by atoms with E-state index in [9.17, 15) is 4.79 Å². The van der Waals surface area contributed by atoms with Gasteiger partial charge in [0.15, 0.2) is 0 Å². The highest BCUT2D eigenvalue weighted by Crippen LogP contribution is 2.28. The van der Waals surface area contributed by atoms with Crippen molar-refractivity contribution in [2.75, 3.05) is 13.1 Å². The zero-order valence-corrected chi connectivity index (χ0v) is 13.6. The molecule has 19 heavy (non-hydrogen) atoms. The first kappa shape index (κ1) is 14.6. The fourth-order valence-corrected chi connectivity index (χ4v) is 2.99. The van der Waals surface area contributed by atoms with Crippen molar-refractivity contribution in [1.82, 2.24) is 9.47 Å². The predicted octanol–water partition coefficient (Wildman–Crippen LogP) is 4.09. The summed E-state index contributed by atoms with van der Waals surface area (Å²) in [6.07, 6.45) is 5.87. The molecule has 0 atom stereocenters. The van der Waals surface area contributed by atoms with Crippen molar-refractivity contribution in [3.8, 4) is 0 Å². The summed E-state index contributed by atoms with van der Waals surface area (Å²) in [6.45, 7) is 7.97. The molecular weight excluding hydrogens is 304 g/mol. The lowest BCUT2D eigenvalue weighted by Gasteiger charge is -2.32. The molecule has 4 heteroatoms. The van der Waals surface area contributed by atoms with Gasteiger partial charge in [-0.1, -0.05) is 6.42 Å². The lowest BCUT2D eigenvalue weighted by atomic mass is 9.85. The molecule has 0 N–H and O–H groups in total. The number of aromatic nitrogens is 1. The summed E-state index contributed by atoms with van der Waals surface area (Å²) < 4.78 is 3.03. The number of halogens is 1. The van der Waals surface area contributed by atoms with E-state index >= 15 is 0 Å². The summed E-state index contributed by atoms with van der Waals surface area (Å²) in [4.78, 5) is 14.7. The number of hydrogen-bond acceptors (Lipinski definition) is 1. The number of amides is 1. The minimum absolute atomic E-state index is 0.161. The van der Waals surface area contributed by atoms with Gasteiger partial charge in [-0.15, -0.1) is 0 Å². The van der Waals surface area contributed by atoms with Gasteiger partial charge in [0.1, 0.15) is 5.69 Å². The molecule has 1 saturated carbocycles. The Labute approximate surface area is 124 Å². The molecule has 0 unspecified atom stereocenters. The molecule has 1 aliphatic carbocycles. The summed E-state index contributed by atoms with van der Waals surface area (Å²) in [6, 6.07) is 2.24. The van der Waals surface area contributed by atoms with E-state index in [2.05, 4.69) is 41.3 Å². The summed E-state index contributed by atoms with van der Waals surface area (Å²) in [5.74, 6) is 0.878. The summed E-state index contributed by atoms with van der Waals surface area (Å²) >= 11 is 3.47. The predicted molar refractivity (Wildman–Crippen MR) is 81.4 cm³/mol. The lowest BCUT2D eigenvalue weighted by molar-refractivity contribution is 0.0694. The van der Waals surface area contributed by atoms with E-state index < -0.39 is 0 Å². The lowest BCUT2D eigenvalue weighted by Crippen LogP contribution is -2.38. The minimum atomic E-state index is 0.161. The molecule has 0 radical (unpaired) electrons. The van der Waals surface area contributed by atoms with Crippen LogP contribution >= 0.6 is 15.9 Å². The van der Waals surface area contributed by atoms with Crippen molar-refractivity contribution in [3.05, 3.63) is 22.4 Å². The molecule has 1 aromatic rings. The number of carbonyl (C=O) groups excluding carboxylic acids is 1. The van der Waals surface area contributed by atoms with Gasteiger partial charge in [0.25, 0.3) is 5.91 Å². The topological polar surface area (TPSA) is 25.2 Å². The zero-order chi connectivity index (χ0) is 14.0.